The molecule has 0 atom stereocenters. The first-order valence-electron chi connectivity index (χ1n) is 9.20. The predicted octanol–water partition coefficient (Wildman–Crippen LogP) is 5.24. The van der Waals surface area contributed by atoms with Gasteiger partial charge in [0.05, 0.1) is 16.8 Å². The van der Waals surface area contributed by atoms with Gasteiger partial charge in [0.2, 0.25) is 0 Å². The lowest BCUT2D eigenvalue weighted by Crippen LogP contribution is -2.29. The lowest BCUT2D eigenvalue weighted by atomic mass is 10.1. The fraction of sp³-hybridized carbons (Fsp3) is 0.174. The van der Waals surface area contributed by atoms with Crippen molar-refractivity contribution in [1.29, 1.82) is 0 Å². The first-order chi connectivity index (χ1) is 13.8. The van der Waals surface area contributed by atoms with Gasteiger partial charge in [0.1, 0.15) is 10.8 Å². The Morgan fingerprint density at radius 1 is 0.931 bits per heavy atom. The Morgan fingerprint density at radius 2 is 1.66 bits per heavy atom. The molecular weight excluding hydrogens is 387 g/mol. The normalized spacial score (nSPS) is 13.2. The van der Waals surface area contributed by atoms with Gasteiger partial charge in [-0.05, 0) is 67.8 Å². The van der Waals surface area contributed by atoms with Gasteiger partial charge in [-0.3, -0.25) is 9.59 Å². The second-order valence-corrected chi connectivity index (χ2v) is 8.08. The van der Waals surface area contributed by atoms with E-state index in [1.807, 2.05) is 26.0 Å². The maximum absolute atomic E-state index is 13.2. The van der Waals surface area contributed by atoms with E-state index in [0.29, 0.717) is 33.3 Å². The first kappa shape index (κ1) is 19.3. The van der Waals surface area contributed by atoms with E-state index in [4.69, 9.17) is 0 Å². The quantitative estimate of drug-likeness (QED) is 0.439. The highest BCUT2D eigenvalue weighted by atomic mass is 32.2. The standard InChI is InChI=1S/C23H19FN2O2S/c1-13-4-9-18(10-14(13)2)26-22(27)19-11-15(3)25-21(20(19)23(26)28)29-12-16-5-7-17(24)8-6-16/h4-11H,12H2,1-3H3. The molecule has 2 amide bonds. The van der Waals surface area contributed by atoms with Gasteiger partial charge in [0.15, 0.2) is 0 Å². The van der Waals surface area contributed by atoms with Crippen LogP contribution in [0.3, 0.4) is 0 Å². The van der Waals surface area contributed by atoms with E-state index < -0.39 is 0 Å². The number of imide groups is 1. The van der Waals surface area contributed by atoms with Gasteiger partial charge in [-0.2, -0.15) is 0 Å². The molecule has 3 aromatic rings. The number of carbonyl (C=O) groups is 2. The molecule has 1 aliphatic heterocycles. The summed E-state index contributed by atoms with van der Waals surface area (Å²) in [4.78, 5) is 32.0. The molecule has 0 spiro atoms. The van der Waals surface area contributed by atoms with E-state index >= 15 is 0 Å². The van der Waals surface area contributed by atoms with Gasteiger partial charge in [-0.25, -0.2) is 14.3 Å². The number of aryl methyl sites for hydroxylation is 3. The minimum absolute atomic E-state index is 0.293. The average molecular weight is 406 g/mol. The van der Waals surface area contributed by atoms with E-state index in [1.54, 1.807) is 31.2 Å². The number of carbonyl (C=O) groups excluding carboxylic acids is 2. The van der Waals surface area contributed by atoms with Crippen LogP contribution in [0, 0.1) is 26.6 Å². The third-order valence-electron chi connectivity index (χ3n) is 5.00. The van der Waals surface area contributed by atoms with Crippen LogP contribution in [-0.2, 0) is 5.75 Å². The molecular formula is C23H19FN2O2S. The summed E-state index contributed by atoms with van der Waals surface area (Å²) < 4.78 is 13.1. The number of aromatic nitrogens is 1. The van der Waals surface area contributed by atoms with Crippen molar-refractivity contribution in [3.63, 3.8) is 0 Å². The summed E-state index contributed by atoms with van der Waals surface area (Å²) in [6.45, 7) is 5.74. The molecule has 0 radical (unpaired) electrons. The van der Waals surface area contributed by atoms with E-state index in [0.717, 1.165) is 16.7 Å². The molecule has 0 N–H and O–H groups in total. The van der Waals surface area contributed by atoms with Gasteiger partial charge < -0.3 is 0 Å². The molecule has 4 rings (SSSR count). The number of fused-ring (bicyclic) bond motifs is 1. The number of amides is 2. The summed E-state index contributed by atoms with van der Waals surface area (Å²) in [5.74, 6) is -0.461. The summed E-state index contributed by atoms with van der Waals surface area (Å²) in [5, 5.41) is 0.522. The van der Waals surface area contributed by atoms with E-state index in [2.05, 4.69) is 4.98 Å². The average Bonchev–Trinajstić information content (AvgIpc) is 2.94. The van der Waals surface area contributed by atoms with Crippen LogP contribution < -0.4 is 4.90 Å². The maximum Gasteiger partial charge on any atom is 0.268 e. The molecule has 4 nitrogen and oxygen atoms in total. The van der Waals surface area contributed by atoms with E-state index in [-0.39, 0.29) is 17.6 Å². The van der Waals surface area contributed by atoms with Crippen molar-refractivity contribution in [2.75, 3.05) is 4.90 Å². The van der Waals surface area contributed by atoms with Crippen LogP contribution in [0.5, 0.6) is 0 Å². The van der Waals surface area contributed by atoms with Crippen molar-refractivity contribution in [3.05, 3.63) is 87.9 Å². The van der Waals surface area contributed by atoms with Crippen LogP contribution in [0.4, 0.5) is 10.1 Å². The number of hydrogen-bond donors (Lipinski definition) is 0. The minimum Gasteiger partial charge on any atom is -0.268 e. The van der Waals surface area contributed by atoms with Crippen LogP contribution in [0.15, 0.2) is 53.6 Å². The predicted molar refractivity (Wildman–Crippen MR) is 112 cm³/mol. The fourth-order valence-electron chi connectivity index (χ4n) is 3.28. The highest BCUT2D eigenvalue weighted by Gasteiger charge is 2.39. The van der Waals surface area contributed by atoms with Crippen LogP contribution in [-0.4, -0.2) is 16.8 Å². The number of pyridine rings is 1. The molecule has 0 aliphatic carbocycles. The molecule has 0 fully saturated rings. The Hall–Kier alpha value is -2.99. The largest absolute Gasteiger partial charge is 0.268 e. The highest BCUT2D eigenvalue weighted by molar-refractivity contribution is 7.98. The molecule has 6 heteroatoms. The molecule has 29 heavy (non-hydrogen) atoms. The summed E-state index contributed by atoms with van der Waals surface area (Å²) in [6.07, 6.45) is 0. The number of anilines is 1. The number of rotatable bonds is 4. The van der Waals surface area contributed by atoms with Crippen LogP contribution in [0.2, 0.25) is 0 Å². The number of thioether (sulfide) groups is 1. The molecule has 0 bridgehead atoms. The fourth-order valence-corrected chi connectivity index (χ4v) is 4.33. The van der Waals surface area contributed by atoms with Crippen LogP contribution in [0.25, 0.3) is 0 Å². The second-order valence-electron chi connectivity index (χ2n) is 7.12. The number of hydrogen-bond acceptors (Lipinski definition) is 4. The number of halogens is 1. The molecule has 2 aromatic carbocycles. The smallest absolute Gasteiger partial charge is 0.268 e. The zero-order valence-electron chi connectivity index (χ0n) is 16.3. The van der Waals surface area contributed by atoms with Crippen molar-refractivity contribution in [2.24, 2.45) is 0 Å². The molecule has 2 heterocycles. The SMILES string of the molecule is Cc1cc2c(c(SCc3ccc(F)cc3)n1)C(=O)N(c1ccc(C)c(C)c1)C2=O. The monoisotopic (exact) mass is 406 g/mol. The Bertz CT molecular complexity index is 1140. The molecule has 146 valence electrons. The molecule has 0 saturated heterocycles. The number of nitrogens with zero attached hydrogens (tertiary/aromatic N) is 2. The van der Waals surface area contributed by atoms with Crippen molar-refractivity contribution >= 4 is 29.3 Å². The third kappa shape index (κ3) is 3.56. The van der Waals surface area contributed by atoms with Crippen molar-refractivity contribution < 1.29 is 14.0 Å². The van der Waals surface area contributed by atoms with Gasteiger partial charge in [0, 0.05) is 11.4 Å². The second kappa shape index (κ2) is 7.44. The van der Waals surface area contributed by atoms with Gasteiger partial charge in [-0.15, -0.1) is 11.8 Å². The Morgan fingerprint density at radius 3 is 2.34 bits per heavy atom. The molecule has 1 aromatic heterocycles. The molecule has 0 saturated carbocycles. The Labute approximate surface area is 172 Å². The lowest BCUT2D eigenvalue weighted by Gasteiger charge is -2.15. The van der Waals surface area contributed by atoms with E-state index in [9.17, 15) is 14.0 Å². The van der Waals surface area contributed by atoms with Gasteiger partial charge >= 0.3 is 0 Å². The number of benzene rings is 2. The summed E-state index contributed by atoms with van der Waals surface area (Å²) >= 11 is 1.37. The molecule has 0 unspecified atom stereocenters. The van der Waals surface area contributed by atoms with Gasteiger partial charge in [-0.1, -0.05) is 18.2 Å². The first-order valence-corrected chi connectivity index (χ1v) is 10.2. The zero-order valence-corrected chi connectivity index (χ0v) is 17.1. The summed E-state index contributed by atoms with van der Waals surface area (Å²) in [7, 11) is 0. The van der Waals surface area contributed by atoms with Crippen molar-refractivity contribution in [2.45, 2.75) is 31.6 Å². The maximum atomic E-state index is 13.2. The topological polar surface area (TPSA) is 50.3 Å². The van der Waals surface area contributed by atoms with Crippen molar-refractivity contribution in [1.82, 2.24) is 4.98 Å². The third-order valence-corrected chi connectivity index (χ3v) is 6.05. The summed E-state index contributed by atoms with van der Waals surface area (Å²) in [6, 6.07) is 13.4. The Kier molecular flexibility index (Phi) is 4.96. The Balaban J connectivity index is 1.69. The van der Waals surface area contributed by atoms with Gasteiger partial charge in [0.25, 0.3) is 11.8 Å². The van der Waals surface area contributed by atoms with Crippen molar-refractivity contribution in [3.8, 4) is 0 Å². The minimum atomic E-state index is -0.359. The van der Waals surface area contributed by atoms with Crippen LogP contribution >= 0.6 is 11.8 Å². The lowest BCUT2D eigenvalue weighted by molar-refractivity contribution is 0.0925. The highest BCUT2D eigenvalue weighted by Crippen LogP contribution is 2.35. The zero-order chi connectivity index (χ0) is 20.7. The summed E-state index contributed by atoms with van der Waals surface area (Å²) in [5.41, 5.74) is 4.97. The van der Waals surface area contributed by atoms with E-state index in [1.165, 1.54) is 28.8 Å². The molecule has 1 aliphatic rings. The van der Waals surface area contributed by atoms with Crippen LogP contribution in [0.1, 0.15) is 43.1 Å².